The number of hydrogen-bond acceptors (Lipinski definition) is 4. The first kappa shape index (κ1) is 12.8. The van der Waals surface area contributed by atoms with E-state index in [1.54, 1.807) is 0 Å². The van der Waals surface area contributed by atoms with Crippen molar-refractivity contribution in [2.45, 2.75) is 19.4 Å². The number of nitrogens with one attached hydrogen (secondary N) is 2. The van der Waals surface area contributed by atoms with Crippen LogP contribution in [-0.4, -0.2) is 42.6 Å². The second-order valence-electron chi connectivity index (χ2n) is 4.43. The number of carbonyl (C=O) groups excluding carboxylic acids is 2. The van der Waals surface area contributed by atoms with Crippen LogP contribution in [0.25, 0.3) is 0 Å². The lowest BCUT2D eigenvalue weighted by atomic mass is 10.2. The largest absolute Gasteiger partial charge is 0.356 e. The molecule has 18 heavy (non-hydrogen) atoms. The highest BCUT2D eigenvalue weighted by atomic mass is 32.2. The fourth-order valence-corrected chi connectivity index (χ4v) is 3.57. The Morgan fingerprint density at radius 1 is 1.44 bits per heavy atom. The summed E-state index contributed by atoms with van der Waals surface area (Å²) in [5.74, 6) is -0.418. The van der Waals surface area contributed by atoms with Crippen LogP contribution in [0.15, 0.2) is 12.3 Å². The molecule has 0 bridgehead atoms. The van der Waals surface area contributed by atoms with Crippen molar-refractivity contribution in [3.63, 3.8) is 0 Å². The van der Waals surface area contributed by atoms with Crippen LogP contribution >= 0.6 is 0 Å². The molecule has 1 saturated heterocycles. The van der Waals surface area contributed by atoms with E-state index in [9.17, 15) is 18.0 Å². The number of aromatic nitrogens is 1. The summed E-state index contributed by atoms with van der Waals surface area (Å²) < 4.78 is 22.5. The number of aromatic amines is 1. The summed E-state index contributed by atoms with van der Waals surface area (Å²) in [7, 11) is -3.01. The number of hydrogen-bond donors (Lipinski definition) is 2. The van der Waals surface area contributed by atoms with Crippen LogP contribution in [0.4, 0.5) is 0 Å². The fraction of sp³-hybridized carbons (Fsp3) is 0.455. The van der Waals surface area contributed by atoms with Crippen LogP contribution in [0.2, 0.25) is 0 Å². The lowest BCUT2D eigenvalue weighted by Crippen LogP contribution is -2.35. The van der Waals surface area contributed by atoms with Gasteiger partial charge < -0.3 is 10.3 Å². The first-order valence-corrected chi connectivity index (χ1v) is 7.40. The number of rotatable bonds is 3. The average Bonchev–Trinajstić information content (AvgIpc) is 2.85. The summed E-state index contributed by atoms with van der Waals surface area (Å²) in [6.45, 7) is 1.41. The van der Waals surface area contributed by atoms with Crippen molar-refractivity contribution in [1.29, 1.82) is 0 Å². The van der Waals surface area contributed by atoms with Gasteiger partial charge in [0.25, 0.3) is 5.91 Å². The molecule has 0 aliphatic carbocycles. The molecular formula is C11H14N2O4S. The van der Waals surface area contributed by atoms with E-state index in [4.69, 9.17) is 0 Å². The molecular weight excluding hydrogens is 256 g/mol. The molecule has 1 atom stereocenters. The first-order valence-electron chi connectivity index (χ1n) is 5.58. The molecule has 1 aliphatic rings. The van der Waals surface area contributed by atoms with Crippen molar-refractivity contribution in [2.24, 2.45) is 0 Å². The summed E-state index contributed by atoms with van der Waals surface area (Å²) in [6, 6.07) is 1.12. The predicted octanol–water partition coefficient (Wildman–Crippen LogP) is 0.134. The minimum absolute atomic E-state index is 0.0149. The molecule has 98 valence electrons. The van der Waals surface area contributed by atoms with Crippen LogP contribution in [0.5, 0.6) is 0 Å². The molecule has 1 aromatic rings. The molecule has 0 radical (unpaired) electrons. The predicted molar refractivity (Wildman–Crippen MR) is 65.3 cm³/mol. The Morgan fingerprint density at radius 3 is 2.67 bits per heavy atom. The molecule has 7 heteroatoms. The average molecular weight is 270 g/mol. The second-order valence-corrected chi connectivity index (χ2v) is 6.66. The Bertz CT molecular complexity index is 588. The lowest BCUT2D eigenvalue weighted by Gasteiger charge is -2.09. The number of sulfone groups is 1. The number of Topliss-reactive ketones (excluding diaryl/α,β-unsaturated/α-hetero) is 1. The minimum Gasteiger partial charge on any atom is -0.356 e. The van der Waals surface area contributed by atoms with Crippen molar-refractivity contribution in [3.8, 4) is 0 Å². The zero-order valence-electron chi connectivity index (χ0n) is 9.89. The third-order valence-corrected chi connectivity index (χ3v) is 4.67. The number of ketones is 1. The van der Waals surface area contributed by atoms with Gasteiger partial charge in [0.1, 0.15) is 5.69 Å². The Hall–Kier alpha value is -1.63. The van der Waals surface area contributed by atoms with E-state index in [2.05, 4.69) is 10.3 Å². The number of H-pyrrole nitrogens is 1. The molecule has 6 nitrogen and oxygen atoms in total. The zero-order chi connectivity index (χ0) is 13.3. The molecule has 2 heterocycles. The van der Waals surface area contributed by atoms with Gasteiger partial charge in [0.2, 0.25) is 0 Å². The lowest BCUT2D eigenvalue weighted by molar-refractivity contribution is 0.0936. The molecule has 0 saturated carbocycles. The summed E-state index contributed by atoms with van der Waals surface area (Å²) in [5, 5.41) is 2.64. The van der Waals surface area contributed by atoms with E-state index in [1.165, 1.54) is 19.2 Å². The molecule has 0 aromatic carbocycles. The topological polar surface area (TPSA) is 96.1 Å². The quantitative estimate of drug-likeness (QED) is 0.763. The second kappa shape index (κ2) is 4.56. The van der Waals surface area contributed by atoms with Gasteiger partial charge in [-0.1, -0.05) is 0 Å². The highest BCUT2D eigenvalue weighted by molar-refractivity contribution is 7.91. The standard InChI is InChI=1S/C11H14N2O4S/c1-7(14)8-4-10(12-5-8)11(15)13-9-2-3-18(16,17)6-9/h4-5,9,12H,2-3,6H2,1H3,(H,13,15)/t9-/m0/s1. The molecule has 2 rings (SSSR count). The number of carbonyl (C=O) groups is 2. The molecule has 1 aromatic heterocycles. The Morgan fingerprint density at radius 2 is 2.17 bits per heavy atom. The summed E-state index contributed by atoms with van der Waals surface area (Å²) >= 11 is 0. The van der Waals surface area contributed by atoms with Crippen LogP contribution in [-0.2, 0) is 9.84 Å². The van der Waals surface area contributed by atoms with Crippen LogP contribution in [0.1, 0.15) is 34.2 Å². The normalized spacial score (nSPS) is 21.7. The van der Waals surface area contributed by atoms with Gasteiger partial charge in [-0.2, -0.15) is 0 Å². The maximum atomic E-state index is 11.8. The van der Waals surface area contributed by atoms with Crippen LogP contribution in [0, 0.1) is 0 Å². The van der Waals surface area contributed by atoms with Gasteiger partial charge in [0.05, 0.1) is 11.5 Å². The van der Waals surface area contributed by atoms with Crippen molar-refractivity contribution in [2.75, 3.05) is 11.5 Å². The third kappa shape index (κ3) is 2.79. The van der Waals surface area contributed by atoms with Crippen molar-refractivity contribution in [1.82, 2.24) is 10.3 Å². The van der Waals surface area contributed by atoms with Crippen molar-refractivity contribution >= 4 is 21.5 Å². The molecule has 2 N–H and O–H groups in total. The van der Waals surface area contributed by atoms with Gasteiger partial charge in [-0.05, 0) is 19.4 Å². The monoisotopic (exact) mass is 270 g/mol. The third-order valence-electron chi connectivity index (χ3n) is 2.90. The van der Waals surface area contributed by atoms with Gasteiger partial charge in [-0.3, -0.25) is 9.59 Å². The van der Waals surface area contributed by atoms with Gasteiger partial charge in [0.15, 0.2) is 15.6 Å². The number of amides is 1. The molecule has 0 unspecified atom stereocenters. The van der Waals surface area contributed by atoms with E-state index in [0.717, 1.165) is 0 Å². The Kier molecular flexibility index (Phi) is 3.25. The summed E-state index contributed by atoms with van der Waals surface area (Å²) in [5.41, 5.74) is 0.698. The SMILES string of the molecule is CC(=O)c1c[nH]c(C(=O)N[C@H]2CCS(=O)(=O)C2)c1. The van der Waals surface area contributed by atoms with Gasteiger partial charge in [0, 0.05) is 17.8 Å². The highest BCUT2D eigenvalue weighted by Crippen LogP contribution is 2.12. The van der Waals surface area contributed by atoms with Crippen molar-refractivity contribution in [3.05, 3.63) is 23.5 Å². The maximum Gasteiger partial charge on any atom is 0.267 e. The van der Waals surface area contributed by atoms with E-state index in [1.807, 2.05) is 0 Å². The van der Waals surface area contributed by atoms with Gasteiger partial charge >= 0.3 is 0 Å². The molecule has 0 spiro atoms. The maximum absolute atomic E-state index is 11.8. The molecule has 1 amide bonds. The van der Waals surface area contributed by atoms with E-state index in [0.29, 0.717) is 12.0 Å². The first-order chi connectivity index (χ1) is 8.37. The summed E-state index contributed by atoms with van der Waals surface area (Å²) in [6.07, 6.45) is 1.90. The van der Waals surface area contributed by atoms with Crippen molar-refractivity contribution < 1.29 is 18.0 Å². The Labute approximate surface area is 105 Å². The van der Waals surface area contributed by atoms with Gasteiger partial charge in [-0.15, -0.1) is 0 Å². The van der Waals surface area contributed by atoms with Gasteiger partial charge in [-0.25, -0.2) is 8.42 Å². The van der Waals surface area contributed by atoms with E-state index in [-0.39, 0.29) is 34.9 Å². The van der Waals surface area contributed by atoms with E-state index < -0.39 is 9.84 Å². The molecule has 1 aliphatic heterocycles. The Balaban J connectivity index is 2.02. The fourth-order valence-electron chi connectivity index (χ4n) is 1.90. The highest BCUT2D eigenvalue weighted by Gasteiger charge is 2.29. The minimum atomic E-state index is -3.01. The molecule has 1 fully saturated rings. The smallest absolute Gasteiger partial charge is 0.267 e. The van der Waals surface area contributed by atoms with Crippen LogP contribution in [0.3, 0.4) is 0 Å². The zero-order valence-corrected chi connectivity index (χ0v) is 10.7. The van der Waals surface area contributed by atoms with Crippen LogP contribution < -0.4 is 5.32 Å². The van der Waals surface area contributed by atoms with E-state index >= 15 is 0 Å². The summed E-state index contributed by atoms with van der Waals surface area (Å²) in [4.78, 5) is 25.6.